The molecular formula is C10H19F3N2O2S. The first-order valence-corrected chi connectivity index (χ1v) is 7.64. The number of halogens is 3. The molecule has 1 N–H and O–H groups in total. The summed E-state index contributed by atoms with van der Waals surface area (Å²) >= 11 is 0. The van der Waals surface area contributed by atoms with E-state index in [1.807, 2.05) is 6.92 Å². The first-order valence-electron chi connectivity index (χ1n) is 6.03. The van der Waals surface area contributed by atoms with E-state index in [1.54, 1.807) is 0 Å². The Balaban J connectivity index is 2.53. The fraction of sp³-hybridized carbons (Fsp3) is 1.00. The predicted molar refractivity (Wildman–Crippen MR) is 62.7 cm³/mol. The van der Waals surface area contributed by atoms with E-state index in [0.29, 0.717) is 26.1 Å². The molecule has 1 aliphatic rings. The van der Waals surface area contributed by atoms with E-state index in [9.17, 15) is 21.6 Å². The lowest BCUT2D eigenvalue weighted by Gasteiger charge is -2.37. The Morgan fingerprint density at radius 2 is 1.94 bits per heavy atom. The van der Waals surface area contributed by atoms with Crippen molar-refractivity contribution in [3.63, 3.8) is 0 Å². The predicted octanol–water partition coefficient (Wildman–Crippen LogP) is 1.34. The number of sulfonamides is 1. The Hall–Kier alpha value is -0.340. The van der Waals surface area contributed by atoms with Crippen LogP contribution in [0, 0.1) is 0 Å². The largest absolute Gasteiger partial charge is 0.389 e. The van der Waals surface area contributed by atoms with E-state index in [2.05, 4.69) is 5.32 Å². The van der Waals surface area contributed by atoms with Crippen LogP contribution in [0.4, 0.5) is 13.2 Å². The summed E-state index contributed by atoms with van der Waals surface area (Å²) in [6, 6.07) is -0.0964. The van der Waals surface area contributed by atoms with Gasteiger partial charge in [0.15, 0.2) is 0 Å². The number of nitrogens with one attached hydrogen (secondary N) is 1. The summed E-state index contributed by atoms with van der Waals surface area (Å²) in [6.45, 7) is 3.39. The van der Waals surface area contributed by atoms with Crippen molar-refractivity contribution >= 4 is 10.0 Å². The van der Waals surface area contributed by atoms with E-state index in [1.165, 1.54) is 4.31 Å². The van der Waals surface area contributed by atoms with Gasteiger partial charge in [-0.05, 0) is 12.8 Å². The zero-order valence-electron chi connectivity index (χ0n) is 10.3. The molecule has 18 heavy (non-hydrogen) atoms. The Labute approximate surface area is 106 Å². The number of alkyl halides is 3. The van der Waals surface area contributed by atoms with Crippen LogP contribution in [0.5, 0.6) is 0 Å². The zero-order chi connectivity index (χ0) is 13.8. The topological polar surface area (TPSA) is 49.4 Å². The van der Waals surface area contributed by atoms with Gasteiger partial charge in [-0.15, -0.1) is 0 Å². The van der Waals surface area contributed by atoms with Crippen LogP contribution in [-0.4, -0.2) is 50.3 Å². The van der Waals surface area contributed by atoms with Gasteiger partial charge in [0.05, 0.1) is 5.75 Å². The van der Waals surface area contributed by atoms with Crippen molar-refractivity contribution in [2.75, 3.05) is 25.4 Å². The molecule has 108 valence electrons. The van der Waals surface area contributed by atoms with E-state index in [-0.39, 0.29) is 12.5 Å². The van der Waals surface area contributed by atoms with E-state index >= 15 is 0 Å². The summed E-state index contributed by atoms with van der Waals surface area (Å²) in [5.41, 5.74) is 0. The molecule has 1 rings (SSSR count). The fourth-order valence-electron chi connectivity index (χ4n) is 1.82. The molecule has 1 fully saturated rings. The third-order valence-corrected chi connectivity index (χ3v) is 4.83. The van der Waals surface area contributed by atoms with Gasteiger partial charge in [-0.3, -0.25) is 0 Å². The van der Waals surface area contributed by atoms with Crippen molar-refractivity contribution < 1.29 is 21.6 Å². The highest BCUT2D eigenvalue weighted by Crippen LogP contribution is 2.22. The molecule has 0 aliphatic carbocycles. The molecule has 0 unspecified atom stereocenters. The van der Waals surface area contributed by atoms with Crippen LogP contribution in [0.25, 0.3) is 0 Å². The lowest BCUT2D eigenvalue weighted by atomic mass is 10.2. The maximum absolute atomic E-state index is 12.0. The highest BCUT2D eigenvalue weighted by atomic mass is 32.2. The SMILES string of the molecule is CCCN(C1CNC1)S(=O)(=O)CCCC(F)(F)F. The monoisotopic (exact) mass is 288 g/mol. The van der Waals surface area contributed by atoms with Gasteiger partial charge in [-0.2, -0.15) is 17.5 Å². The molecule has 0 atom stereocenters. The zero-order valence-corrected chi connectivity index (χ0v) is 11.1. The van der Waals surface area contributed by atoms with Crippen LogP contribution < -0.4 is 5.32 Å². The first-order chi connectivity index (χ1) is 8.26. The summed E-state index contributed by atoms with van der Waals surface area (Å²) in [4.78, 5) is 0. The van der Waals surface area contributed by atoms with Crippen LogP contribution >= 0.6 is 0 Å². The molecule has 0 bridgehead atoms. The second-order valence-electron chi connectivity index (χ2n) is 4.46. The number of hydrogen-bond acceptors (Lipinski definition) is 3. The molecule has 8 heteroatoms. The molecule has 0 aromatic rings. The number of nitrogens with zero attached hydrogens (tertiary/aromatic N) is 1. The molecule has 1 heterocycles. The van der Waals surface area contributed by atoms with Gasteiger partial charge in [-0.1, -0.05) is 6.92 Å². The lowest BCUT2D eigenvalue weighted by molar-refractivity contribution is -0.134. The number of hydrogen-bond donors (Lipinski definition) is 1. The maximum atomic E-state index is 12.0. The first kappa shape index (κ1) is 15.7. The third-order valence-electron chi connectivity index (χ3n) is 2.83. The normalized spacial score (nSPS) is 18.1. The second-order valence-corrected chi connectivity index (χ2v) is 6.50. The number of rotatable bonds is 7. The van der Waals surface area contributed by atoms with Crippen LogP contribution in [0.3, 0.4) is 0 Å². The molecule has 1 saturated heterocycles. The highest BCUT2D eigenvalue weighted by Gasteiger charge is 2.34. The molecule has 0 saturated carbocycles. The van der Waals surface area contributed by atoms with Gasteiger partial charge in [-0.25, -0.2) is 8.42 Å². The van der Waals surface area contributed by atoms with Crippen LogP contribution in [-0.2, 0) is 10.0 Å². The van der Waals surface area contributed by atoms with Crippen molar-refractivity contribution in [3.05, 3.63) is 0 Å². The van der Waals surface area contributed by atoms with Gasteiger partial charge in [0.25, 0.3) is 0 Å². The minimum Gasteiger partial charge on any atom is -0.313 e. The van der Waals surface area contributed by atoms with Gasteiger partial charge in [0.2, 0.25) is 10.0 Å². The van der Waals surface area contributed by atoms with Gasteiger partial charge < -0.3 is 5.32 Å². The third kappa shape index (κ3) is 4.74. The maximum Gasteiger partial charge on any atom is 0.389 e. The van der Waals surface area contributed by atoms with E-state index < -0.39 is 28.4 Å². The minimum absolute atomic E-state index is 0.0964. The second kappa shape index (κ2) is 6.21. The van der Waals surface area contributed by atoms with Crippen molar-refractivity contribution in [2.45, 2.75) is 38.4 Å². The van der Waals surface area contributed by atoms with Crippen molar-refractivity contribution in [1.29, 1.82) is 0 Å². The fourth-order valence-corrected chi connectivity index (χ4v) is 3.63. The van der Waals surface area contributed by atoms with Gasteiger partial charge in [0, 0.05) is 32.1 Å². The average molecular weight is 288 g/mol. The molecule has 0 spiro atoms. The Morgan fingerprint density at radius 3 is 2.33 bits per heavy atom. The smallest absolute Gasteiger partial charge is 0.313 e. The van der Waals surface area contributed by atoms with E-state index in [4.69, 9.17) is 0 Å². The summed E-state index contributed by atoms with van der Waals surface area (Å²) in [6.07, 6.45) is -5.04. The lowest BCUT2D eigenvalue weighted by Crippen LogP contribution is -2.59. The Morgan fingerprint density at radius 1 is 1.33 bits per heavy atom. The van der Waals surface area contributed by atoms with Crippen molar-refractivity contribution in [1.82, 2.24) is 9.62 Å². The van der Waals surface area contributed by atoms with E-state index in [0.717, 1.165) is 0 Å². The minimum atomic E-state index is -4.29. The van der Waals surface area contributed by atoms with Crippen molar-refractivity contribution in [2.24, 2.45) is 0 Å². The molecule has 1 aliphatic heterocycles. The summed E-state index contributed by atoms with van der Waals surface area (Å²) < 4.78 is 61.3. The molecule has 0 amide bonds. The molecule has 0 aromatic heterocycles. The molecule has 0 aromatic carbocycles. The molecule has 0 radical (unpaired) electrons. The standard InChI is InChI=1S/C10H19F3N2O2S/c1-2-5-15(9-7-14-8-9)18(16,17)6-3-4-10(11,12)13/h9,14H,2-8H2,1H3. The highest BCUT2D eigenvalue weighted by molar-refractivity contribution is 7.89. The van der Waals surface area contributed by atoms with Crippen LogP contribution in [0.2, 0.25) is 0 Å². The van der Waals surface area contributed by atoms with Gasteiger partial charge in [0.1, 0.15) is 0 Å². The van der Waals surface area contributed by atoms with Crippen LogP contribution in [0.15, 0.2) is 0 Å². The van der Waals surface area contributed by atoms with Crippen molar-refractivity contribution in [3.8, 4) is 0 Å². The quantitative estimate of drug-likeness (QED) is 0.769. The average Bonchev–Trinajstić information content (AvgIpc) is 2.11. The summed E-state index contributed by atoms with van der Waals surface area (Å²) in [7, 11) is -3.57. The summed E-state index contributed by atoms with van der Waals surface area (Å²) in [5.74, 6) is -0.428. The Bertz CT molecular complexity index is 353. The Kier molecular flexibility index (Phi) is 5.42. The molecule has 4 nitrogen and oxygen atoms in total. The van der Waals surface area contributed by atoms with Crippen LogP contribution in [0.1, 0.15) is 26.2 Å². The summed E-state index contributed by atoms with van der Waals surface area (Å²) in [5, 5.41) is 2.97. The van der Waals surface area contributed by atoms with Gasteiger partial charge >= 0.3 is 6.18 Å². The molecular weight excluding hydrogens is 269 g/mol.